The third-order valence-corrected chi connectivity index (χ3v) is 2.97. The van der Waals surface area contributed by atoms with Crippen molar-refractivity contribution in [1.29, 1.82) is 0 Å². The Labute approximate surface area is 126 Å². The molecule has 2 aromatic rings. The van der Waals surface area contributed by atoms with E-state index in [1.807, 2.05) is 12.1 Å². The fraction of sp³-hybridized carbons (Fsp3) is 0.133. The van der Waals surface area contributed by atoms with Gasteiger partial charge in [-0.15, -0.1) is 0 Å². The van der Waals surface area contributed by atoms with Crippen LogP contribution in [0.4, 0.5) is 10.1 Å². The lowest BCUT2D eigenvalue weighted by Crippen LogP contribution is -2.20. The number of amides is 1. The third kappa shape index (κ3) is 4.44. The van der Waals surface area contributed by atoms with Gasteiger partial charge >= 0.3 is 0 Å². The van der Waals surface area contributed by atoms with E-state index in [9.17, 15) is 9.18 Å². The van der Waals surface area contributed by atoms with E-state index in [0.29, 0.717) is 12.3 Å². The molecule has 0 aliphatic carbocycles. The molecule has 0 spiro atoms. The van der Waals surface area contributed by atoms with E-state index < -0.39 is 11.7 Å². The summed E-state index contributed by atoms with van der Waals surface area (Å²) in [6.07, 6.45) is 0. The number of anilines is 1. The standard InChI is InChI=1S/C15H14ClFN2O2/c16-11-3-6-14(13(17)7-11)19-15(20)9-21-12-4-1-10(8-18)2-5-12/h1-7H,8-9,18H2,(H,19,20). The molecular weight excluding hydrogens is 295 g/mol. The Morgan fingerprint density at radius 2 is 1.95 bits per heavy atom. The van der Waals surface area contributed by atoms with Crippen LogP contribution in [0.3, 0.4) is 0 Å². The normalized spacial score (nSPS) is 10.2. The summed E-state index contributed by atoms with van der Waals surface area (Å²) in [5.41, 5.74) is 6.51. The van der Waals surface area contributed by atoms with Crippen LogP contribution in [0, 0.1) is 5.82 Å². The van der Waals surface area contributed by atoms with Gasteiger partial charge in [-0.3, -0.25) is 4.79 Å². The van der Waals surface area contributed by atoms with Gasteiger partial charge in [0, 0.05) is 11.6 Å². The first-order valence-corrected chi connectivity index (χ1v) is 6.63. The van der Waals surface area contributed by atoms with Crippen molar-refractivity contribution in [2.24, 2.45) is 5.73 Å². The number of rotatable bonds is 5. The van der Waals surface area contributed by atoms with Gasteiger partial charge in [0.2, 0.25) is 0 Å². The molecule has 0 bridgehead atoms. The van der Waals surface area contributed by atoms with Gasteiger partial charge in [-0.2, -0.15) is 0 Å². The fourth-order valence-corrected chi connectivity index (χ4v) is 1.81. The van der Waals surface area contributed by atoms with Crippen molar-refractivity contribution in [1.82, 2.24) is 0 Å². The molecule has 0 saturated heterocycles. The van der Waals surface area contributed by atoms with E-state index in [-0.39, 0.29) is 17.3 Å². The molecule has 0 saturated carbocycles. The van der Waals surface area contributed by atoms with Gasteiger partial charge in [-0.25, -0.2) is 4.39 Å². The first-order chi connectivity index (χ1) is 10.1. The highest BCUT2D eigenvalue weighted by Gasteiger charge is 2.08. The van der Waals surface area contributed by atoms with Crippen molar-refractivity contribution in [3.63, 3.8) is 0 Å². The number of ether oxygens (including phenoxy) is 1. The van der Waals surface area contributed by atoms with Gasteiger partial charge in [0.25, 0.3) is 5.91 Å². The number of nitrogens with two attached hydrogens (primary N) is 1. The van der Waals surface area contributed by atoms with Crippen molar-refractivity contribution in [3.05, 3.63) is 58.9 Å². The largest absolute Gasteiger partial charge is 0.484 e. The molecule has 0 aromatic heterocycles. The zero-order valence-electron chi connectivity index (χ0n) is 11.1. The fourth-order valence-electron chi connectivity index (χ4n) is 1.65. The van der Waals surface area contributed by atoms with Crippen molar-refractivity contribution >= 4 is 23.2 Å². The van der Waals surface area contributed by atoms with Crippen molar-refractivity contribution in [2.45, 2.75) is 6.54 Å². The number of hydrogen-bond acceptors (Lipinski definition) is 3. The summed E-state index contributed by atoms with van der Waals surface area (Å²) in [6, 6.07) is 11.1. The lowest BCUT2D eigenvalue weighted by Gasteiger charge is -2.08. The lowest BCUT2D eigenvalue weighted by atomic mass is 10.2. The quantitative estimate of drug-likeness (QED) is 0.892. The van der Waals surface area contributed by atoms with Crippen LogP contribution >= 0.6 is 11.6 Å². The highest BCUT2D eigenvalue weighted by molar-refractivity contribution is 6.30. The summed E-state index contributed by atoms with van der Waals surface area (Å²) in [5, 5.41) is 2.68. The van der Waals surface area contributed by atoms with Crippen molar-refractivity contribution in [2.75, 3.05) is 11.9 Å². The third-order valence-electron chi connectivity index (χ3n) is 2.73. The summed E-state index contributed by atoms with van der Waals surface area (Å²) in [4.78, 5) is 11.7. The number of benzene rings is 2. The minimum atomic E-state index is -0.594. The SMILES string of the molecule is NCc1ccc(OCC(=O)Nc2ccc(Cl)cc2F)cc1. The van der Waals surface area contributed by atoms with E-state index in [2.05, 4.69) is 5.32 Å². The van der Waals surface area contributed by atoms with Gasteiger partial charge in [0.15, 0.2) is 6.61 Å². The molecule has 0 fully saturated rings. The van der Waals surface area contributed by atoms with Gasteiger partial charge in [0.1, 0.15) is 11.6 Å². The second kappa shape index (κ2) is 7.06. The maximum atomic E-state index is 13.5. The predicted octanol–water partition coefficient (Wildman–Crippen LogP) is 2.96. The molecule has 1 amide bonds. The molecular formula is C15H14ClFN2O2. The molecule has 0 aliphatic heterocycles. The maximum Gasteiger partial charge on any atom is 0.262 e. The first kappa shape index (κ1) is 15.3. The lowest BCUT2D eigenvalue weighted by molar-refractivity contribution is -0.118. The molecule has 6 heteroatoms. The zero-order valence-corrected chi connectivity index (χ0v) is 11.9. The number of carbonyl (C=O) groups is 1. The molecule has 110 valence electrons. The van der Waals surface area contributed by atoms with E-state index in [0.717, 1.165) is 11.6 Å². The monoisotopic (exact) mass is 308 g/mol. The minimum absolute atomic E-state index is 0.0616. The summed E-state index contributed by atoms with van der Waals surface area (Å²) in [5.74, 6) is -0.513. The molecule has 0 aliphatic rings. The molecule has 21 heavy (non-hydrogen) atoms. The zero-order chi connectivity index (χ0) is 15.2. The Morgan fingerprint density at radius 3 is 2.57 bits per heavy atom. The number of halogens is 2. The van der Waals surface area contributed by atoms with Crippen LogP contribution in [0.5, 0.6) is 5.75 Å². The number of nitrogens with one attached hydrogen (secondary N) is 1. The number of carbonyl (C=O) groups excluding carboxylic acids is 1. The Kier molecular flexibility index (Phi) is 5.14. The van der Waals surface area contributed by atoms with Crippen molar-refractivity contribution in [3.8, 4) is 5.75 Å². The molecule has 4 nitrogen and oxygen atoms in total. The van der Waals surface area contributed by atoms with Gasteiger partial charge in [-0.1, -0.05) is 23.7 Å². The Morgan fingerprint density at radius 1 is 1.24 bits per heavy atom. The molecule has 2 rings (SSSR count). The molecule has 0 atom stereocenters. The summed E-state index contributed by atoms with van der Waals surface area (Å²) < 4.78 is 18.8. The van der Waals surface area contributed by atoms with Crippen molar-refractivity contribution < 1.29 is 13.9 Å². The van der Waals surface area contributed by atoms with Gasteiger partial charge in [-0.05, 0) is 35.9 Å². The van der Waals surface area contributed by atoms with Crippen LogP contribution in [-0.4, -0.2) is 12.5 Å². The second-order valence-corrected chi connectivity index (χ2v) is 4.75. The minimum Gasteiger partial charge on any atom is -0.484 e. The van der Waals surface area contributed by atoms with Crippen LogP contribution in [-0.2, 0) is 11.3 Å². The Balaban J connectivity index is 1.89. The van der Waals surface area contributed by atoms with E-state index in [4.69, 9.17) is 22.1 Å². The summed E-state index contributed by atoms with van der Waals surface area (Å²) in [6.45, 7) is 0.223. The summed E-state index contributed by atoms with van der Waals surface area (Å²) >= 11 is 5.63. The van der Waals surface area contributed by atoms with E-state index >= 15 is 0 Å². The molecule has 2 aromatic carbocycles. The van der Waals surface area contributed by atoms with E-state index in [1.54, 1.807) is 12.1 Å². The van der Waals surface area contributed by atoms with Crippen LogP contribution in [0.2, 0.25) is 5.02 Å². The molecule has 0 radical (unpaired) electrons. The van der Waals surface area contributed by atoms with Gasteiger partial charge < -0.3 is 15.8 Å². The molecule has 0 heterocycles. The average molecular weight is 309 g/mol. The Bertz CT molecular complexity index is 632. The smallest absolute Gasteiger partial charge is 0.262 e. The average Bonchev–Trinajstić information content (AvgIpc) is 2.48. The number of hydrogen-bond donors (Lipinski definition) is 2. The Hall–Kier alpha value is -2.11. The van der Waals surface area contributed by atoms with Crippen LogP contribution < -0.4 is 15.8 Å². The second-order valence-electron chi connectivity index (χ2n) is 4.31. The highest BCUT2D eigenvalue weighted by atomic mass is 35.5. The van der Waals surface area contributed by atoms with E-state index in [1.165, 1.54) is 12.1 Å². The van der Waals surface area contributed by atoms with Crippen LogP contribution in [0.25, 0.3) is 0 Å². The van der Waals surface area contributed by atoms with Crippen LogP contribution in [0.1, 0.15) is 5.56 Å². The first-order valence-electron chi connectivity index (χ1n) is 6.25. The summed E-state index contributed by atoms with van der Waals surface area (Å²) in [7, 11) is 0. The molecule has 3 N–H and O–H groups in total. The van der Waals surface area contributed by atoms with Crippen LogP contribution in [0.15, 0.2) is 42.5 Å². The molecule has 0 unspecified atom stereocenters. The predicted molar refractivity (Wildman–Crippen MR) is 79.9 cm³/mol. The maximum absolute atomic E-state index is 13.5. The van der Waals surface area contributed by atoms with Gasteiger partial charge in [0.05, 0.1) is 5.69 Å². The topological polar surface area (TPSA) is 64.3 Å². The highest BCUT2D eigenvalue weighted by Crippen LogP contribution is 2.19.